The molecule has 0 aromatic carbocycles. The average Bonchev–Trinajstić information content (AvgIpc) is 2.55. The van der Waals surface area contributed by atoms with Gasteiger partial charge < -0.3 is 0 Å². The second-order valence-electron chi connectivity index (χ2n) is 5.43. The maximum Gasteiger partial charge on any atom is 0.433 e. The molecular weight excluding hydrogens is 323 g/mol. The van der Waals surface area contributed by atoms with Crippen molar-refractivity contribution in [1.29, 1.82) is 0 Å². The van der Waals surface area contributed by atoms with Crippen molar-refractivity contribution < 1.29 is 13.2 Å². The molecule has 19 heavy (non-hydrogen) atoms. The van der Waals surface area contributed by atoms with Gasteiger partial charge in [-0.05, 0) is 28.9 Å². The van der Waals surface area contributed by atoms with Crippen LogP contribution in [0.2, 0.25) is 0 Å². The molecule has 0 saturated carbocycles. The van der Waals surface area contributed by atoms with Crippen molar-refractivity contribution in [3.63, 3.8) is 0 Å². The Hall–Kier alpha value is -1.11. The highest BCUT2D eigenvalue weighted by molar-refractivity contribution is 9.10. The molecule has 104 valence electrons. The molecule has 0 unspecified atom stereocenters. The van der Waals surface area contributed by atoms with E-state index in [0.717, 1.165) is 6.07 Å². The molecule has 0 radical (unpaired) electrons. The van der Waals surface area contributed by atoms with Crippen molar-refractivity contribution in [2.24, 2.45) is 0 Å². The molecule has 0 saturated heterocycles. The highest BCUT2D eigenvalue weighted by atomic mass is 79.9. The first-order valence-electron chi connectivity index (χ1n) is 5.65. The number of nitrogens with zero attached hydrogens (tertiary/aromatic N) is 3. The van der Waals surface area contributed by atoms with E-state index in [0.29, 0.717) is 15.9 Å². The third kappa shape index (κ3) is 2.48. The van der Waals surface area contributed by atoms with Crippen LogP contribution >= 0.6 is 15.9 Å². The van der Waals surface area contributed by atoms with Gasteiger partial charge in [-0.25, -0.2) is 9.50 Å². The van der Waals surface area contributed by atoms with Crippen molar-refractivity contribution in [2.75, 3.05) is 0 Å². The van der Waals surface area contributed by atoms with Crippen LogP contribution in [0, 0.1) is 6.92 Å². The largest absolute Gasteiger partial charge is 0.433 e. The molecule has 0 bridgehead atoms. The quantitative estimate of drug-likeness (QED) is 0.725. The molecular formula is C12H13BrF3N3. The second-order valence-corrected chi connectivity index (χ2v) is 6.22. The lowest BCUT2D eigenvalue weighted by molar-refractivity contribution is -0.141. The third-order valence-electron chi connectivity index (χ3n) is 2.71. The normalized spacial score (nSPS) is 13.3. The summed E-state index contributed by atoms with van der Waals surface area (Å²) in [5.41, 5.74) is 0.0870. The summed E-state index contributed by atoms with van der Waals surface area (Å²) in [6.45, 7) is 7.41. The molecule has 0 amide bonds. The third-order valence-corrected chi connectivity index (χ3v) is 3.44. The van der Waals surface area contributed by atoms with E-state index in [1.807, 2.05) is 20.8 Å². The SMILES string of the molecule is Cc1cc(C(F)(F)F)nc2c(Br)c(C(C)(C)C)nn12. The van der Waals surface area contributed by atoms with Gasteiger partial charge in [0.15, 0.2) is 5.65 Å². The number of hydrogen-bond donors (Lipinski definition) is 0. The fourth-order valence-corrected chi connectivity index (χ4v) is 2.69. The van der Waals surface area contributed by atoms with Crippen LogP contribution in [0.4, 0.5) is 13.2 Å². The predicted octanol–water partition coefficient (Wildman–Crippen LogP) is 4.12. The molecule has 0 aliphatic carbocycles. The number of rotatable bonds is 0. The molecule has 0 spiro atoms. The topological polar surface area (TPSA) is 30.2 Å². The van der Waals surface area contributed by atoms with Crippen molar-refractivity contribution in [3.8, 4) is 0 Å². The summed E-state index contributed by atoms with van der Waals surface area (Å²) in [5, 5.41) is 4.35. The summed E-state index contributed by atoms with van der Waals surface area (Å²) in [5.74, 6) is 0. The van der Waals surface area contributed by atoms with Gasteiger partial charge in [-0.1, -0.05) is 20.8 Å². The molecule has 7 heteroatoms. The first-order chi connectivity index (χ1) is 8.51. The number of aromatic nitrogens is 3. The Bertz CT molecular complexity index is 638. The molecule has 0 fully saturated rings. The molecule has 3 nitrogen and oxygen atoms in total. The molecule has 0 N–H and O–H groups in total. The number of halogens is 4. The zero-order valence-electron chi connectivity index (χ0n) is 10.9. The predicted molar refractivity (Wildman–Crippen MR) is 69.1 cm³/mol. The van der Waals surface area contributed by atoms with E-state index in [-0.39, 0.29) is 11.1 Å². The first-order valence-corrected chi connectivity index (χ1v) is 6.44. The van der Waals surface area contributed by atoms with Crippen LogP contribution in [0.25, 0.3) is 5.65 Å². The number of alkyl halides is 3. The van der Waals surface area contributed by atoms with E-state index in [4.69, 9.17) is 0 Å². The minimum atomic E-state index is -4.46. The number of fused-ring (bicyclic) bond motifs is 1. The fourth-order valence-electron chi connectivity index (χ4n) is 1.76. The zero-order chi connectivity index (χ0) is 14.6. The average molecular weight is 336 g/mol. The lowest BCUT2D eigenvalue weighted by atomic mass is 9.92. The van der Waals surface area contributed by atoms with Gasteiger partial charge in [-0.3, -0.25) is 0 Å². The van der Waals surface area contributed by atoms with E-state index in [1.54, 1.807) is 6.92 Å². The van der Waals surface area contributed by atoms with Crippen molar-refractivity contribution in [3.05, 3.63) is 27.6 Å². The van der Waals surface area contributed by atoms with Crippen LogP contribution in [0.3, 0.4) is 0 Å². The standard InChI is InChI=1S/C12H13BrF3N3/c1-6-5-7(12(14,15)16)17-10-8(13)9(11(2,3)4)18-19(6)10/h5H,1-4H3. The van der Waals surface area contributed by atoms with Gasteiger partial charge in [0.25, 0.3) is 0 Å². The molecule has 2 aromatic rings. The number of hydrogen-bond acceptors (Lipinski definition) is 2. The molecule has 2 aromatic heterocycles. The van der Waals surface area contributed by atoms with Crippen LogP contribution in [0.1, 0.15) is 37.9 Å². The van der Waals surface area contributed by atoms with Gasteiger partial charge in [-0.15, -0.1) is 0 Å². The molecule has 0 aliphatic rings. The summed E-state index contributed by atoms with van der Waals surface area (Å²) in [6.07, 6.45) is -4.46. The van der Waals surface area contributed by atoms with Crippen molar-refractivity contribution in [1.82, 2.24) is 14.6 Å². The van der Waals surface area contributed by atoms with Gasteiger partial charge in [-0.2, -0.15) is 18.3 Å². The summed E-state index contributed by atoms with van der Waals surface area (Å²) in [6, 6.07) is 0.999. The lowest BCUT2D eigenvalue weighted by Crippen LogP contribution is -2.13. The Kier molecular flexibility index (Phi) is 3.16. The van der Waals surface area contributed by atoms with E-state index in [9.17, 15) is 13.2 Å². The van der Waals surface area contributed by atoms with Gasteiger partial charge in [0.2, 0.25) is 0 Å². The summed E-state index contributed by atoms with van der Waals surface area (Å²) >= 11 is 3.31. The van der Waals surface area contributed by atoms with Gasteiger partial charge in [0.1, 0.15) is 5.69 Å². The van der Waals surface area contributed by atoms with Gasteiger partial charge >= 0.3 is 6.18 Å². The van der Waals surface area contributed by atoms with E-state index < -0.39 is 11.9 Å². The molecule has 2 heterocycles. The lowest BCUT2D eigenvalue weighted by Gasteiger charge is -2.14. The summed E-state index contributed by atoms with van der Waals surface area (Å²) < 4.78 is 40.2. The summed E-state index contributed by atoms with van der Waals surface area (Å²) in [7, 11) is 0. The van der Waals surface area contributed by atoms with E-state index in [2.05, 4.69) is 26.0 Å². The maximum absolute atomic E-state index is 12.8. The zero-order valence-corrected chi connectivity index (χ0v) is 12.5. The van der Waals surface area contributed by atoms with Crippen LogP contribution in [-0.4, -0.2) is 14.6 Å². The highest BCUT2D eigenvalue weighted by Gasteiger charge is 2.34. The van der Waals surface area contributed by atoms with Crippen molar-refractivity contribution in [2.45, 2.75) is 39.3 Å². The van der Waals surface area contributed by atoms with E-state index in [1.165, 1.54) is 4.52 Å². The Morgan fingerprint density at radius 3 is 2.26 bits per heavy atom. The van der Waals surface area contributed by atoms with E-state index >= 15 is 0 Å². The summed E-state index contributed by atoms with van der Waals surface area (Å²) in [4.78, 5) is 3.67. The minimum Gasteiger partial charge on any atom is -0.223 e. The van der Waals surface area contributed by atoms with Crippen molar-refractivity contribution >= 4 is 21.6 Å². The highest BCUT2D eigenvalue weighted by Crippen LogP contribution is 2.34. The smallest absolute Gasteiger partial charge is 0.223 e. The molecule has 2 rings (SSSR count). The molecule has 0 aliphatic heterocycles. The maximum atomic E-state index is 12.8. The Morgan fingerprint density at radius 1 is 1.21 bits per heavy atom. The van der Waals surface area contributed by atoms with Crippen LogP contribution in [-0.2, 0) is 11.6 Å². The molecule has 0 atom stereocenters. The van der Waals surface area contributed by atoms with Crippen LogP contribution in [0.15, 0.2) is 10.5 Å². The Morgan fingerprint density at radius 2 is 1.79 bits per heavy atom. The first kappa shape index (κ1) is 14.3. The van der Waals surface area contributed by atoms with Gasteiger partial charge in [0.05, 0.1) is 10.2 Å². The van der Waals surface area contributed by atoms with Gasteiger partial charge in [0, 0.05) is 11.1 Å². The second kappa shape index (κ2) is 4.19. The minimum absolute atomic E-state index is 0.192. The van der Waals surface area contributed by atoms with Crippen LogP contribution < -0.4 is 0 Å². The number of aryl methyl sites for hydroxylation is 1. The van der Waals surface area contributed by atoms with Crippen LogP contribution in [0.5, 0.6) is 0 Å². The fraction of sp³-hybridized carbons (Fsp3) is 0.500. The Balaban J connectivity index is 2.79. The Labute approximate surface area is 117 Å². The monoisotopic (exact) mass is 335 g/mol.